The first-order valence-corrected chi connectivity index (χ1v) is 8.56. The van der Waals surface area contributed by atoms with E-state index < -0.39 is 5.54 Å². The van der Waals surface area contributed by atoms with Crippen LogP contribution in [0.2, 0.25) is 0 Å². The van der Waals surface area contributed by atoms with Crippen LogP contribution in [-0.2, 0) is 9.59 Å². The van der Waals surface area contributed by atoms with Crippen LogP contribution in [0.25, 0.3) is 0 Å². The lowest BCUT2D eigenvalue weighted by atomic mass is 10.0. The summed E-state index contributed by atoms with van der Waals surface area (Å²) in [6.07, 6.45) is 0.837. The molecule has 2 fully saturated rings. The van der Waals surface area contributed by atoms with Crippen LogP contribution in [0.15, 0.2) is 30.3 Å². The maximum Gasteiger partial charge on any atom is 0.244 e. The maximum absolute atomic E-state index is 12.8. The SMILES string of the molecule is CC(C)(N)C(=O)N1CCN(C2CCN(c3ccccc3)C2=O)CC1. The van der Waals surface area contributed by atoms with Crippen molar-refractivity contribution < 1.29 is 9.59 Å². The molecule has 0 radical (unpaired) electrons. The molecule has 0 aliphatic carbocycles. The van der Waals surface area contributed by atoms with Gasteiger partial charge in [0.2, 0.25) is 11.8 Å². The van der Waals surface area contributed by atoms with Crippen LogP contribution < -0.4 is 10.6 Å². The molecule has 2 aliphatic rings. The van der Waals surface area contributed by atoms with Crippen molar-refractivity contribution in [3.05, 3.63) is 30.3 Å². The lowest BCUT2D eigenvalue weighted by Crippen LogP contribution is -2.59. The summed E-state index contributed by atoms with van der Waals surface area (Å²) in [4.78, 5) is 30.9. The lowest BCUT2D eigenvalue weighted by Gasteiger charge is -2.39. The molecule has 24 heavy (non-hydrogen) atoms. The molecule has 1 aromatic rings. The van der Waals surface area contributed by atoms with E-state index in [0.29, 0.717) is 13.1 Å². The van der Waals surface area contributed by atoms with Crippen molar-refractivity contribution in [1.82, 2.24) is 9.80 Å². The van der Waals surface area contributed by atoms with E-state index in [-0.39, 0.29) is 17.9 Å². The van der Waals surface area contributed by atoms with Gasteiger partial charge >= 0.3 is 0 Å². The summed E-state index contributed by atoms with van der Waals surface area (Å²) in [6.45, 7) is 6.94. The molecule has 130 valence electrons. The molecule has 6 heteroatoms. The van der Waals surface area contributed by atoms with E-state index in [9.17, 15) is 9.59 Å². The quantitative estimate of drug-likeness (QED) is 0.884. The predicted octanol–water partition coefficient (Wildman–Crippen LogP) is 0.673. The normalized spacial score (nSPS) is 23.0. The minimum absolute atomic E-state index is 0.0224. The van der Waals surface area contributed by atoms with Crippen molar-refractivity contribution in [2.75, 3.05) is 37.6 Å². The molecule has 2 aliphatic heterocycles. The number of hydrogen-bond donors (Lipinski definition) is 1. The van der Waals surface area contributed by atoms with Gasteiger partial charge in [0.25, 0.3) is 0 Å². The summed E-state index contributed by atoms with van der Waals surface area (Å²) in [6, 6.07) is 9.73. The van der Waals surface area contributed by atoms with Gasteiger partial charge in [-0.2, -0.15) is 0 Å². The smallest absolute Gasteiger partial charge is 0.244 e. The number of rotatable bonds is 3. The second-order valence-electron chi connectivity index (χ2n) is 7.18. The van der Waals surface area contributed by atoms with Crippen LogP contribution in [0.1, 0.15) is 20.3 Å². The van der Waals surface area contributed by atoms with Crippen LogP contribution >= 0.6 is 0 Å². The van der Waals surface area contributed by atoms with E-state index in [4.69, 9.17) is 5.73 Å². The highest BCUT2D eigenvalue weighted by atomic mass is 16.2. The Bertz CT molecular complexity index is 603. The Morgan fingerprint density at radius 3 is 2.29 bits per heavy atom. The number of piperazine rings is 1. The van der Waals surface area contributed by atoms with E-state index >= 15 is 0 Å². The standard InChI is InChI=1S/C18H26N4O2/c1-18(2,19)17(24)21-12-10-20(11-13-21)15-8-9-22(16(15)23)14-6-4-3-5-7-14/h3-7,15H,8-13,19H2,1-2H3. The van der Waals surface area contributed by atoms with Crippen LogP contribution in [-0.4, -0.2) is 65.9 Å². The summed E-state index contributed by atoms with van der Waals surface area (Å²) < 4.78 is 0. The summed E-state index contributed by atoms with van der Waals surface area (Å²) in [7, 11) is 0. The largest absolute Gasteiger partial charge is 0.339 e. The highest BCUT2D eigenvalue weighted by molar-refractivity contribution is 5.99. The van der Waals surface area contributed by atoms with E-state index in [1.54, 1.807) is 13.8 Å². The van der Waals surface area contributed by atoms with E-state index in [1.165, 1.54) is 0 Å². The van der Waals surface area contributed by atoms with Gasteiger partial charge in [-0.3, -0.25) is 14.5 Å². The zero-order valence-corrected chi connectivity index (χ0v) is 14.4. The summed E-state index contributed by atoms with van der Waals surface area (Å²) in [5, 5.41) is 0. The third-order valence-corrected chi connectivity index (χ3v) is 4.84. The predicted molar refractivity (Wildman–Crippen MR) is 93.6 cm³/mol. The zero-order chi connectivity index (χ0) is 17.3. The van der Waals surface area contributed by atoms with Gasteiger partial charge in [-0.15, -0.1) is 0 Å². The second kappa shape index (κ2) is 6.53. The van der Waals surface area contributed by atoms with Gasteiger partial charge in [0.05, 0.1) is 11.6 Å². The topological polar surface area (TPSA) is 69.9 Å². The fourth-order valence-electron chi connectivity index (χ4n) is 3.51. The molecule has 2 saturated heterocycles. The van der Waals surface area contributed by atoms with Crippen molar-refractivity contribution >= 4 is 17.5 Å². The summed E-state index contributed by atoms with van der Waals surface area (Å²) in [5.74, 6) is 0.144. The number of amides is 2. The molecule has 0 spiro atoms. The van der Waals surface area contributed by atoms with Gasteiger partial charge in [0.15, 0.2) is 0 Å². The van der Waals surface area contributed by atoms with Gasteiger partial charge in [-0.05, 0) is 32.4 Å². The Labute approximate surface area is 143 Å². The molecule has 1 atom stereocenters. The molecule has 6 nitrogen and oxygen atoms in total. The lowest BCUT2D eigenvalue weighted by molar-refractivity contribution is -0.138. The molecule has 3 rings (SSSR count). The molecular formula is C18H26N4O2. The van der Waals surface area contributed by atoms with E-state index in [1.807, 2.05) is 40.1 Å². The minimum Gasteiger partial charge on any atom is -0.339 e. The molecule has 0 saturated carbocycles. The molecule has 0 aromatic heterocycles. The van der Waals surface area contributed by atoms with Crippen LogP contribution in [0.5, 0.6) is 0 Å². The van der Waals surface area contributed by atoms with Gasteiger partial charge in [0, 0.05) is 38.4 Å². The first-order valence-electron chi connectivity index (χ1n) is 8.56. The number of nitrogens with two attached hydrogens (primary N) is 1. The van der Waals surface area contributed by atoms with Crippen molar-refractivity contribution in [3.63, 3.8) is 0 Å². The Balaban J connectivity index is 1.60. The molecule has 2 heterocycles. The minimum atomic E-state index is -0.838. The fraction of sp³-hybridized carbons (Fsp3) is 0.556. The van der Waals surface area contributed by atoms with Crippen molar-refractivity contribution in [2.24, 2.45) is 5.73 Å². The highest BCUT2D eigenvalue weighted by Gasteiger charge is 2.39. The fourth-order valence-corrected chi connectivity index (χ4v) is 3.51. The zero-order valence-electron chi connectivity index (χ0n) is 14.4. The van der Waals surface area contributed by atoms with Gasteiger partial charge in [-0.25, -0.2) is 0 Å². The first kappa shape index (κ1) is 16.9. The highest BCUT2D eigenvalue weighted by Crippen LogP contribution is 2.25. The number of para-hydroxylation sites is 1. The molecule has 0 bridgehead atoms. The van der Waals surface area contributed by atoms with Crippen molar-refractivity contribution in [1.29, 1.82) is 0 Å². The van der Waals surface area contributed by atoms with E-state index in [2.05, 4.69) is 4.90 Å². The van der Waals surface area contributed by atoms with Crippen molar-refractivity contribution in [2.45, 2.75) is 31.8 Å². The number of carbonyl (C=O) groups excluding carboxylic acids is 2. The molecule has 1 aromatic carbocycles. The number of nitrogens with zero attached hydrogens (tertiary/aromatic N) is 3. The van der Waals surface area contributed by atoms with Crippen molar-refractivity contribution in [3.8, 4) is 0 Å². The number of anilines is 1. The van der Waals surface area contributed by atoms with E-state index in [0.717, 1.165) is 31.7 Å². The molecule has 1 unspecified atom stereocenters. The Morgan fingerprint density at radius 2 is 1.71 bits per heavy atom. The Hall–Kier alpha value is -1.92. The molecule has 2 amide bonds. The van der Waals surface area contributed by atoms with Crippen LogP contribution in [0.4, 0.5) is 5.69 Å². The Kier molecular flexibility index (Phi) is 4.60. The summed E-state index contributed by atoms with van der Waals surface area (Å²) in [5.41, 5.74) is 6.03. The maximum atomic E-state index is 12.8. The molecular weight excluding hydrogens is 304 g/mol. The third kappa shape index (κ3) is 3.30. The average Bonchev–Trinajstić information content (AvgIpc) is 2.96. The number of carbonyl (C=O) groups is 2. The average molecular weight is 330 g/mol. The second-order valence-corrected chi connectivity index (χ2v) is 7.18. The summed E-state index contributed by atoms with van der Waals surface area (Å²) >= 11 is 0. The number of hydrogen-bond acceptors (Lipinski definition) is 4. The Morgan fingerprint density at radius 1 is 1.08 bits per heavy atom. The van der Waals surface area contributed by atoms with Gasteiger partial charge in [-0.1, -0.05) is 18.2 Å². The van der Waals surface area contributed by atoms with Gasteiger partial charge in [0.1, 0.15) is 0 Å². The number of benzene rings is 1. The molecule has 2 N–H and O–H groups in total. The van der Waals surface area contributed by atoms with Crippen LogP contribution in [0.3, 0.4) is 0 Å². The monoisotopic (exact) mass is 330 g/mol. The van der Waals surface area contributed by atoms with Crippen LogP contribution in [0, 0.1) is 0 Å². The first-order chi connectivity index (χ1) is 11.4. The third-order valence-electron chi connectivity index (χ3n) is 4.84. The van der Waals surface area contributed by atoms with Gasteiger partial charge < -0.3 is 15.5 Å².